The van der Waals surface area contributed by atoms with E-state index in [2.05, 4.69) is 20.3 Å². The number of carbonyl (C=O) groups is 4. The molecule has 2 aromatic rings. The first-order chi connectivity index (χ1) is 22.9. The number of hydrogen-bond donors (Lipinski definition) is 3. The molecule has 2 heterocycles. The van der Waals surface area contributed by atoms with Gasteiger partial charge in [-0.15, -0.1) is 11.3 Å². The second kappa shape index (κ2) is 13.6. The number of aryl methyl sites for hydroxylation is 2. The van der Waals surface area contributed by atoms with Crippen LogP contribution < -0.4 is 15.4 Å². The third-order valence-electron chi connectivity index (χ3n) is 9.83. The Hall–Kier alpha value is -3.78. The smallest absolute Gasteiger partial charge is 0.411 e. The van der Waals surface area contributed by atoms with E-state index in [1.54, 1.807) is 11.9 Å². The minimum atomic E-state index is -3.83. The van der Waals surface area contributed by atoms with Crippen molar-refractivity contribution in [3.8, 4) is 10.6 Å². The number of nitrogens with one attached hydrogen (secondary N) is 3. The van der Waals surface area contributed by atoms with Crippen LogP contribution in [0.25, 0.3) is 10.6 Å². The molecule has 3 aliphatic carbocycles. The van der Waals surface area contributed by atoms with Gasteiger partial charge in [0.2, 0.25) is 21.8 Å². The first kappa shape index (κ1) is 34.1. The number of amides is 4. The molecule has 4 aliphatic rings. The van der Waals surface area contributed by atoms with Gasteiger partial charge in [-0.1, -0.05) is 25.1 Å². The Morgan fingerprint density at radius 2 is 1.94 bits per heavy atom. The maximum Gasteiger partial charge on any atom is 0.411 e. The fourth-order valence-electron chi connectivity index (χ4n) is 6.72. The maximum absolute atomic E-state index is 14.0. The molecule has 3 fully saturated rings. The Morgan fingerprint density at radius 3 is 2.67 bits per heavy atom. The molecular formula is C34H43N5O7S2. The van der Waals surface area contributed by atoms with E-state index >= 15 is 0 Å². The lowest BCUT2D eigenvalue weighted by molar-refractivity contribution is -0.140. The summed E-state index contributed by atoms with van der Waals surface area (Å²) in [6.07, 6.45) is 6.94. The molecule has 1 aliphatic heterocycles. The van der Waals surface area contributed by atoms with Crippen LogP contribution in [-0.4, -0.2) is 72.6 Å². The molecule has 1 aromatic heterocycles. The Morgan fingerprint density at radius 1 is 1.17 bits per heavy atom. The molecule has 6 rings (SSSR count). The number of benzene rings is 1. The topological polar surface area (TPSA) is 164 Å². The molecule has 5 atom stereocenters. The minimum absolute atomic E-state index is 0.0785. The largest absolute Gasteiger partial charge is 0.446 e. The van der Waals surface area contributed by atoms with E-state index in [9.17, 15) is 27.6 Å². The number of sulfonamides is 1. The third kappa shape index (κ3) is 7.29. The van der Waals surface area contributed by atoms with Crippen LogP contribution in [-0.2, 0) is 35.6 Å². The molecule has 0 bridgehead atoms. The summed E-state index contributed by atoms with van der Waals surface area (Å²) < 4.78 is 33.4. The number of fused-ring (bicyclic) bond motifs is 2. The molecular weight excluding hydrogens is 655 g/mol. The Balaban J connectivity index is 1.20. The first-order valence-corrected chi connectivity index (χ1v) is 19.2. The lowest BCUT2D eigenvalue weighted by Gasteiger charge is -2.26. The van der Waals surface area contributed by atoms with Crippen molar-refractivity contribution in [1.29, 1.82) is 0 Å². The van der Waals surface area contributed by atoms with Gasteiger partial charge in [0.25, 0.3) is 5.91 Å². The highest BCUT2D eigenvalue weighted by molar-refractivity contribution is 7.91. The molecule has 3 saturated carbocycles. The lowest BCUT2D eigenvalue weighted by Crippen LogP contribution is -2.54. The van der Waals surface area contributed by atoms with E-state index in [1.165, 1.54) is 11.3 Å². The van der Waals surface area contributed by atoms with Crippen molar-refractivity contribution in [2.24, 2.45) is 17.8 Å². The molecule has 258 valence electrons. The zero-order valence-electron chi connectivity index (χ0n) is 27.5. The fourth-order valence-corrected chi connectivity index (χ4v) is 9.03. The van der Waals surface area contributed by atoms with Gasteiger partial charge in [0.15, 0.2) is 0 Å². The second-order valence-electron chi connectivity index (χ2n) is 13.5. The summed E-state index contributed by atoms with van der Waals surface area (Å²) in [6.45, 7) is 4.47. The molecule has 12 nitrogen and oxygen atoms in total. The van der Waals surface area contributed by atoms with Crippen molar-refractivity contribution >= 4 is 50.9 Å². The van der Waals surface area contributed by atoms with Gasteiger partial charge >= 0.3 is 6.09 Å². The quantitative estimate of drug-likeness (QED) is 0.361. The number of rotatable bonds is 7. The van der Waals surface area contributed by atoms with Gasteiger partial charge in [-0.05, 0) is 82.4 Å². The van der Waals surface area contributed by atoms with E-state index < -0.39 is 56.7 Å². The van der Waals surface area contributed by atoms with E-state index in [1.807, 2.05) is 49.6 Å². The zero-order valence-corrected chi connectivity index (χ0v) is 29.1. The van der Waals surface area contributed by atoms with Crippen LogP contribution in [0.2, 0.25) is 0 Å². The van der Waals surface area contributed by atoms with Crippen LogP contribution in [0.3, 0.4) is 0 Å². The average molecular weight is 698 g/mol. The summed E-state index contributed by atoms with van der Waals surface area (Å²) >= 11 is 1.49. The number of carbonyl (C=O) groups excluding carboxylic acids is 4. The van der Waals surface area contributed by atoms with Gasteiger partial charge in [0.05, 0.1) is 28.5 Å². The molecule has 48 heavy (non-hydrogen) atoms. The monoisotopic (exact) mass is 697 g/mol. The second-order valence-corrected chi connectivity index (χ2v) is 16.3. The number of thiazole rings is 1. The predicted molar refractivity (Wildman–Crippen MR) is 181 cm³/mol. The highest BCUT2D eigenvalue weighted by Crippen LogP contribution is 2.47. The molecule has 0 unspecified atom stereocenters. The Kier molecular flexibility index (Phi) is 9.67. The standard InChI is InChI=1S/C34H43N5O7S2/c1-4-22-19-47-30(35-22)25-13-10-20(2)15-28(25)36-33(43)46-23-16-26-27(17-23)31(41)39(3)14-8-6-5-7-9-21-18-34(21,37-29(26)40)32(42)38-48(44,45)24-11-12-24/h7,9-10,13,15,19,21,23-24,26-27H,4-6,8,11-12,14,16-18H2,1-3H3,(H,36,43)(H,37,40)(H,38,42)/b9-7+/t21-,23-,26-,27-,34-/m1/s1. The summed E-state index contributed by atoms with van der Waals surface area (Å²) in [7, 11) is -2.13. The van der Waals surface area contributed by atoms with Crippen molar-refractivity contribution in [2.45, 2.75) is 88.5 Å². The number of hydrogen-bond acceptors (Lipinski definition) is 9. The molecule has 0 spiro atoms. The zero-order chi connectivity index (χ0) is 34.2. The highest BCUT2D eigenvalue weighted by atomic mass is 32.2. The summed E-state index contributed by atoms with van der Waals surface area (Å²) in [6, 6.07) is 5.70. The maximum atomic E-state index is 14.0. The van der Waals surface area contributed by atoms with Crippen LogP contribution in [0.15, 0.2) is 35.7 Å². The minimum Gasteiger partial charge on any atom is -0.446 e. The Bertz CT molecular complexity index is 1740. The highest BCUT2D eigenvalue weighted by Gasteiger charge is 2.62. The number of ether oxygens (including phenoxy) is 1. The van der Waals surface area contributed by atoms with Crippen molar-refractivity contribution in [3.05, 3.63) is 47.0 Å². The average Bonchev–Trinajstić information content (AvgIpc) is 3.92. The first-order valence-electron chi connectivity index (χ1n) is 16.7. The van der Waals surface area contributed by atoms with E-state index in [4.69, 9.17) is 4.74 Å². The fraction of sp³-hybridized carbons (Fsp3) is 0.559. The molecule has 14 heteroatoms. The summed E-state index contributed by atoms with van der Waals surface area (Å²) in [5.74, 6) is -3.55. The van der Waals surface area contributed by atoms with Crippen LogP contribution in [0.1, 0.15) is 69.5 Å². The van der Waals surface area contributed by atoms with Gasteiger partial charge in [-0.3, -0.25) is 24.4 Å². The lowest BCUT2D eigenvalue weighted by atomic mass is 9.93. The summed E-state index contributed by atoms with van der Waals surface area (Å²) in [4.78, 5) is 60.7. The number of allylic oxidation sites excluding steroid dienone is 1. The number of aromatic nitrogens is 1. The van der Waals surface area contributed by atoms with Crippen LogP contribution in [0, 0.1) is 24.7 Å². The van der Waals surface area contributed by atoms with Crippen molar-refractivity contribution < 1.29 is 32.3 Å². The van der Waals surface area contributed by atoms with Crippen molar-refractivity contribution in [2.75, 3.05) is 18.9 Å². The normalized spacial score (nSPS) is 28.4. The predicted octanol–water partition coefficient (Wildman–Crippen LogP) is 4.31. The summed E-state index contributed by atoms with van der Waals surface area (Å²) in [5.41, 5.74) is 1.78. The van der Waals surface area contributed by atoms with Crippen LogP contribution in [0.5, 0.6) is 0 Å². The van der Waals surface area contributed by atoms with E-state index in [0.29, 0.717) is 25.1 Å². The van der Waals surface area contributed by atoms with E-state index in [-0.39, 0.29) is 31.1 Å². The molecule has 0 saturated heterocycles. The van der Waals surface area contributed by atoms with Crippen molar-refractivity contribution in [1.82, 2.24) is 19.9 Å². The van der Waals surface area contributed by atoms with Gasteiger partial charge in [-0.2, -0.15) is 0 Å². The molecule has 0 radical (unpaired) electrons. The molecule has 4 amide bonds. The van der Waals surface area contributed by atoms with Crippen LogP contribution >= 0.6 is 11.3 Å². The number of nitrogens with zero attached hydrogens (tertiary/aromatic N) is 2. The van der Waals surface area contributed by atoms with Gasteiger partial charge < -0.3 is 15.0 Å². The van der Waals surface area contributed by atoms with Crippen molar-refractivity contribution in [3.63, 3.8) is 0 Å². The number of anilines is 1. The SMILES string of the molecule is CCc1csc(-c2ccc(C)cc2NC(=O)O[C@@H]2C[C@H]3C(=O)N[C@]4(C(=O)NS(=O)(=O)C5CC5)C[C@H]4/C=C/CCCCN(C)C(=O)[C@@H]3C2)n1. The molecule has 3 N–H and O–H groups in total. The van der Waals surface area contributed by atoms with Crippen LogP contribution in [0.4, 0.5) is 10.5 Å². The van der Waals surface area contributed by atoms with Gasteiger partial charge in [0.1, 0.15) is 16.7 Å². The van der Waals surface area contributed by atoms with Gasteiger partial charge in [-0.25, -0.2) is 18.2 Å². The van der Waals surface area contributed by atoms with Gasteiger partial charge in [0, 0.05) is 30.5 Å². The molecule has 1 aromatic carbocycles. The summed E-state index contributed by atoms with van der Waals surface area (Å²) in [5, 5.41) is 7.88. The van der Waals surface area contributed by atoms with E-state index in [0.717, 1.165) is 47.5 Å². The third-order valence-corrected chi connectivity index (χ3v) is 12.6. The Labute approximate surface area is 285 Å².